The van der Waals surface area contributed by atoms with E-state index in [1.165, 1.54) is 12.1 Å². The minimum atomic E-state index is -2.53. The van der Waals surface area contributed by atoms with Gasteiger partial charge in [0.05, 0.1) is 0 Å². The van der Waals surface area contributed by atoms with Crippen LogP contribution in [0.4, 0.5) is 8.78 Å². The molecule has 0 bridgehead atoms. The molecule has 0 aliphatic heterocycles. The minimum Gasteiger partial charge on any atom is -0.294 e. The van der Waals surface area contributed by atoms with Gasteiger partial charge in [0.25, 0.3) is 6.43 Å². The van der Waals surface area contributed by atoms with E-state index >= 15 is 0 Å². The van der Waals surface area contributed by atoms with E-state index in [2.05, 4.69) is 15.9 Å². The predicted molar refractivity (Wildman–Crippen MR) is 66.9 cm³/mol. The van der Waals surface area contributed by atoms with Crippen LogP contribution >= 0.6 is 38.5 Å². The third kappa shape index (κ3) is 3.79. The third-order valence-electron chi connectivity index (χ3n) is 1.82. The molecule has 1 nitrogen and oxygen atoms in total. The quantitative estimate of drug-likeness (QED) is 0.429. The van der Waals surface area contributed by atoms with Gasteiger partial charge < -0.3 is 0 Å². The number of halogens is 4. The van der Waals surface area contributed by atoms with Crippen LogP contribution in [0.2, 0.25) is 0 Å². The second-order valence-electron chi connectivity index (χ2n) is 2.94. The second-order valence-corrected chi connectivity index (χ2v) is 4.97. The van der Waals surface area contributed by atoms with Crippen molar-refractivity contribution >= 4 is 44.3 Å². The van der Waals surface area contributed by atoms with Crippen LogP contribution in [-0.4, -0.2) is 11.1 Å². The first kappa shape index (κ1) is 13.0. The summed E-state index contributed by atoms with van der Waals surface area (Å²) in [5, 5.41) is 0.543. The van der Waals surface area contributed by atoms with Crippen LogP contribution in [0.3, 0.4) is 0 Å². The molecule has 5 heteroatoms. The summed E-state index contributed by atoms with van der Waals surface area (Å²) in [6.07, 6.45) is -2.21. The number of hydrogen-bond donors (Lipinski definition) is 0. The maximum absolute atomic E-state index is 12.5. The van der Waals surface area contributed by atoms with Crippen LogP contribution < -0.4 is 0 Å². The summed E-state index contributed by atoms with van der Waals surface area (Å²) in [6.45, 7) is 0. The maximum Gasteiger partial charge on any atom is 0.263 e. The van der Waals surface area contributed by atoms with Gasteiger partial charge >= 0.3 is 0 Å². The van der Waals surface area contributed by atoms with Gasteiger partial charge in [0, 0.05) is 26.4 Å². The van der Waals surface area contributed by atoms with Crippen molar-refractivity contribution in [3.8, 4) is 0 Å². The molecule has 0 saturated heterocycles. The van der Waals surface area contributed by atoms with Crippen molar-refractivity contribution in [3.05, 3.63) is 32.9 Å². The summed E-state index contributed by atoms with van der Waals surface area (Å²) in [7, 11) is 0. The molecule has 0 aliphatic carbocycles. The van der Waals surface area contributed by atoms with E-state index in [-0.39, 0.29) is 11.3 Å². The molecule has 0 radical (unpaired) electrons. The predicted octanol–water partition coefficient (Wildman–Crippen LogP) is 4.20. The Morgan fingerprint density at radius 1 is 1.40 bits per heavy atom. The van der Waals surface area contributed by atoms with E-state index in [9.17, 15) is 13.6 Å². The molecule has 0 spiro atoms. The van der Waals surface area contributed by atoms with Crippen molar-refractivity contribution in [2.45, 2.75) is 12.8 Å². The SMILES string of the molecule is O=C(CCBr)c1cc(I)cc(C(F)F)c1. The molecular formula is C10H8BrF2IO. The Kier molecular flexibility index (Phi) is 5.11. The zero-order valence-electron chi connectivity index (χ0n) is 7.64. The molecule has 0 atom stereocenters. The van der Waals surface area contributed by atoms with Crippen molar-refractivity contribution < 1.29 is 13.6 Å². The third-order valence-corrected chi connectivity index (χ3v) is 2.83. The van der Waals surface area contributed by atoms with E-state index in [1.54, 1.807) is 6.07 Å². The number of hydrogen-bond acceptors (Lipinski definition) is 1. The molecule has 0 amide bonds. The van der Waals surface area contributed by atoms with Gasteiger partial charge in [0.15, 0.2) is 5.78 Å². The van der Waals surface area contributed by atoms with Crippen LogP contribution in [0, 0.1) is 3.57 Å². The second kappa shape index (κ2) is 5.89. The molecule has 1 aromatic carbocycles. The maximum atomic E-state index is 12.5. The largest absolute Gasteiger partial charge is 0.294 e. The van der Waals surface area contributed by atoms with Gasteiger partial charge in [-0.05, 0) is 40.8 Å². The van der Waals surface area contributed by atoms with Crippen molar-refractivity contribution in [1.29, 1.82) is 0 Å². The van der Waals surface area contributed by atoms with E-state index in [1.807, 2.05) is 22.6 Å². The highest BCUT2D eigenvalue weighted by molar-refractivity contribution is 14.1. The Balaban J connectivity index is 3.03. The van der Waals surface area contributed by atoms with E-state index in [0.717, 1.165) is 0 Å². The van der Waals surface area contributed by atoms with Gasteiger partial charge in [-0.15, -0.1) is 0 Å². The number of alkyl halides is 3. The van der Waals surface area contributed by atoms with E-state index in [0.29, 0.717) is 20.9 Å². The molecule has 0 saturated carbocycles. The standard InChI is InChI=1S/C10H8BrF2IO/c11-2-1-9(15)6-3-7(10(12)13)5-8(14)4-6/h3-5,10H,1-2H2. The lowest BCUT2D eigenvalue weighted by Crippen LogP contribution is -2.01. The zero-order valence-corrected chi connectivity index (χ0v) is 11.4. The van der Waals surface area contributed by atoms with Gasteiger partial charge in [-0.25, -0.2) is 8.78 Å². The lowest BCUT2D eigenvalue weighted by Gasteiger charge is -2.04. The molecule has 0 aromatic heterocycles. The number of Topliss-reactive ketones (excluding diaryl/α,β-unsaturated/α-hetero) is 1. The summed E-state index contributed by atoms with van der Waals surface area (Å²) in [5.41, 5.74) is 0.261. The number of carbonyl (C=O) groups excluding carboxylic acids is 1. The van der Waals surface area contributed by atoms with E-state index < -0.39 is 6.43 Å². The van der Waals surface area contributed by atoms with Gasteiger partial charge in [-0.1, -0.05) is 15.9 Å². The van der Waals surface area contributed by atoms with Crippen molar-refractivity contribution in [2.75, 3.05) is 5.33 Å². The number of ketones is 1. The van der Waals surface area contributed by atoms with Crippen molar-refractivity contribution in [3.63, 3.8) is 0 Å². The lowest BCUT2D eigenvalue weighted by molar-refractivity contribution is 0.0989. The van der Waals surface area contributed by atoms with Crippen LogP contribution in [-0.2, 0) is 0 Å². The molecule has 0 fully saturated rings. The van der Waals surface area contributed by atoms with E-state index in [4.69, 9.17) is 0 Å². The Bertz CT molecular complexity index is 368. The molecule has 15 heavy (non-hydrogen) atoms. The van der Waals surface area contributed by atoms with Crippen molar-refractivity contribution in [2.24, 2.45) is 0 Å². The zero-order chi connectivity index (χ0) is 11.4. The van der Waals surface area contributed by atoms with Gasteiger partial charge in [-0.2, -0.15) is 0 Å². The fourth-order valence-corrected chi connectivity index (χ4v) is 2.18. The average Bonchev–Trinajstić information content (AvgIpc) is 2.17. The van der Waals surface area contributed by atoms with Crippen LogP contribution in [0.15, 0.2) is 18.2 Å². The molecule has 1 aromatic rings. The highest BCUT2D eigenvalue weighted by Gasteiger charge is 2.12. The highest BCUT2D eigenvalue weighted by atomic mass is 127. The minimum absolute atomic E-state index is 0.0974. The smallest absolute Gasteiger partial charge is 0.263 e. The highest BCUT2D eigenvalue weighted by Crippen LogP contribution is 2.23. The van der Waals surface area contributed by atoms with Crippen LogP contribution in [0.1, 0.15) is 28.8 Å². The van der Waals surface area contributed by atoms with Crippen LogP contribution in [0.5, 0.6) is 0 Å². The number of carbonyl (C=O) groups is 1. The summed E-state index contributed by atoms with van der Waals surface area (Å²) in [4.78, 5) is 11.5. The van der Waals surface area contributed by atoms with Gasteiger partial charge in [-0.3, -0.25) is 4.79 Å². The summed E-state index contributed by atoms with van der Waals surface area (Å²) in [6, 6.07) is 4.27. The molecule has 0 aliphatic rings. The summed E-state index contributed by atoms with van der Waals surface area (Å²) in [5.74, 6) is -0.118. The Morgan fingerprint density at radius 3 is 2.60 bits per heavy atom. The van der Waals surface area contributed by atoms with Crippen LogP contribution in [0.25, 0.3) is 0 Å². The van der Waals surface area contributed by atoms with Crippen molar-refractivity contribution in [1.82, 2.24) is 0 Å². The first-order valence-corrected chi connectivity index (χ1v) is 6.42. The molecule has 1 rings (SSSR count). The molecule has 0 unspecified atom stereocenters. The Morgan fingerprint density at radius 2 is 2.07 bits per heavy atom. The first-order chi connectivity index (χ1) is 7.04. The Hall–Kier alpha value is -0.0400. The normalized spacial score (nSPS) is 10.7. The molecule has 82 valence electrons. The van der Waals surface area contributed by atoms with Gasteiger partial charge in [0.1, 0.15) is 0 Å². The monoisotopic (exact) mass is 388 g/mol. The fraction of sp³-hybridized carbons (Fsp3) is 0.300. The summed E-state index contributed by atoms with van der Waals surface area (Å²) >= 11 is 5.07. The molecule has 0 N–H and O–H groups in total. The number of rotatable bonds is 4. The lowest BCUT2D eigenvalue weighted by atomic mass is 10.1. The van der Waals surface area contributed by atoms with Gasteiger partial charge in [0.2, 0.25) is 0 Å². The Labute approximate surface area is 109 Å². The molecule has 0 heterocycles. The number of benzene rings is 1. The average molecular weight is 389 g/mol. The fourth-order valence-electron chi connectivity index (χ4n) is 1.13. The molecular weight excluding hydrogens is 381 g/mol. The summed E-state index contributed by atoms with van der Waals surface area (Å²) < 4.78 is 25.6. The topological polar surface area (TPSA) is 17.1 Å². The first-order valence-electron chi connectivity index (χ1n) is 4.22.